The zero-order chi connectivity index (χ0) is 13.0. The molecule has 4 heteroatoms. The SMILES string of the molecule is CCCCN1C(=O)CNC1c1ccc(OC)cc1. The summed E-state index contributed by atoms with van der Waals surface area (Å²) in [6.45, 7) is 3.38. The van der Waals surface area contributed by atoms with Crippen LogP contribution in [0.15, 0.2) is 24.3 Å². The van der Waals surface area contributed by atoms with Crippen LogP contribution < -0.4 is 10.1 Å². The molecule has 0 radical (unpaired) electrons. The van der Waals surface area contributed by atoms with E-state index in [1.165, 1.54) is 0 Å². The van der Waals surface area contributed by atoms with E-state index in [0.29, 0.717) is 6.54 Å². The number of methoxy groups -OCH3 is 1. The molecule has 1 fully saturated rings. The number of nitrogens with one attached hydrogen (secondary N) is 1. The Bertz CT molecular complexity index is 403. The van der Waals surface area contributed by atoms with Crippen LogP contribution in [-0.2, 0) is 4.79 Å². The van der Waals surface area contributed by atoms with E-state index in [0.717, 1.165) is 30.7 Å². The van der Waals surface area contributed by atoms with Gasteiger partial charge in [-0.3, -0.25) is 10.1 Å². The molecular formula is C14H20N2O2. The summed E-state index contributed by atoms with van der Waals surface area (Å²) in [5.41, 5.74) is 1.11. The number of carbonyl (C=O) groups excluding carboxylic acids is 1. The molecule has 18 heavy (non-hydrogen) atoms. The third kappa shape index (κ3) is 2.64. The number of carbonyl (C=O) groups is 1. The highest BCUT2D eigenvalue weighted by Gasteiger charge is 2.30. The standard InChI is InChI=1S/C14H20N2O2/c1-3-4-9-16-13(17)10-15-14(16)11-5-7-12(18-2)8-6-11/h5-8,14-15H,3-4,9-10H2,1-2H3. The van der Waals surface area contributed by atoms with E-state index < -0.39 is 0 Å². The third-order valence-electron chi connectivity index (χ3n) is 3.26. The minimum absolute atomic E-state index is 0.00922. The van der Waals surface area contributed by atoms with E-state index in [4.69, 9.17) is 4.74 Å². The summed E-state index contributed by atoms with van der Waals surface area (Å²) in [5.74, 6) is 1.02. The molecule has 1 heterocycles. The van der Waals surface area contributed by atoms with Gasteiger partial charge in [-0.05, 0) is 24.1 Å². The Kier molecular flexibility index (Phi) is 4.20. The molecule has 1 aliphatic rings. The smallest absolute Gasteiger partial charge is 0.238 e. The molecule has 4 nitrogen and oxygen atoms in total. The van der Waals surface area contributed by atoms with Crippen molar-refractivity contribution in [3.05, 3.63) is 29.8 Å². The minimum Gasteiger partial charge on any atom is -0.497 e. The van der Waals surface area contributed by atoms with Crippen LogP contribution in [-0.4, -0.2) is 31.0 Å². The number of hydrogen-bond acceptors (Lipinski definition) is 3. The first-order valence-corrected chi connectivity index (χ1v) is 6.43. The van der Waals surface area contributed by atoms with E-state index >= 15 is 0 Å². The van der Waals surface area contributed by atoms with Gasteiger partial charge in [0.1, 0.15) is 11.9 Å². The molecule has 1 amide bonds. The van der Waals surface area contributed by atoms with Crippen molar-refractivity contribution in [1.29, 1.82) is 0 Å². The van der Waals surface area contributed by atoms with E-state index in [1.807, 2.05) is 29.2 Å². The third-order valence-corrected chi connectivity index (χ3v) is 3.26. The average molecular weight is 248 g/mol. The van der Waals surface area contributed by atoms with Gasteiger partial charge in [0.25, 0.3) is 0 Å². The molecule has 1 atom stereocenters. The van der Waals surface area contributed by atoms with Crippen LogP contribution in [0.1, 0.15) is 31.5 Å². The summed E-state index contributed by atoms with van der Waals surface area (Å²) in [6.07, 6.45) is 2.15. The molecule has 0 aromatic heterocycles. The number of ether oxygens (including phenoxy) is 1. The van der Waals surface area contributed by atoms with Gasteiger partial charge < -0.3 is 9.64 Å². The van der Waals surface area contributed by atoms with Gasteiger partial charge in [0.2, 0.25) is 5.91 Å². The summed E-state index contributed by atoms with van der Waals surface area (Å²) in [4.78, 5) is 13.7. The molecule has 0 saturated carbocycles. The molecule has 1 aromatic rings. The normalized spacial score (nSPS) is 19.3. The van der Waals surface area contributed by atoms with Crippen molar-refractivity contribution >= 4 is 5.91 Å². The van der Waals surface area contributed by atoms with Gasteiger partial charge in [-0.25, -0.2) is 0 Å². The fraction of sp³-hybridized carbons (Fsp3) is 0.500. The fourth-order valence-corrected chi connectivity index (χ4v) is 2.21. The van der Waals surface area contributed by atoms with Crippen molar-refractivity contribution in [2.75, 3.05) is 20.2 Å². The van der Waals surface area contributed by atoms with Gasteiger partial charge in [0.05, 0.1) is 13.7 Å². The van der Waals surface area contributed by atoms with Crippen LogP contribution in [0, 0.1) is 0 Å². The molecular weight excluding hydrogens is 228 g/mol. The Morgan fingerprint density at radius 2 is 2.11 bits per heavy atom. The molecule has 1 aromatic carbocycles. The monoisotopic (exact) mass is 248 g/mol. The lowest BCUT2D eigenvalue weighted by atomic mass is 10.1. The lowest BCUT2D eigenvalue weighted by Crippen LogP contribution is -2.31. The molecule has 1 N–H and O–H groups in total. The molecule has 2 rings (SSSR count). The van der Waals surface area contributed by atoms with Crippen LogP contribution in [0.5, 0.6) is 5.75 Å². The molecule has 0 aliphatic carbocycles. The zero-order valence-corrected chi connectivity index (χ0v) is 11.0. The van der Waals surface area contributed by atoms with E-state index in [-0.39, 0.29) is 12.1 Å². The highest BCUT2D eigenvalue weighted by molar-refractivity contribution is 5.80. The van der Waals surface area contributed by atoms with E-state index in [9.17, 15) is 4.79 Å². The number of rotatable bonds is 5. The summed E-state index contributed by atoms with van der Waals surface area (Å²) >= 11 is 0. The Hall–Kier alpha value is -1.55. The summed E-state index contributed by atoms with van der Waals surface area (Å²) in [6, 6.07) is 7.87. The van der Waals surface area contributed by atoms with Crippen molar-refractivity contribution in [3.8, 4) is 5.75 Å². The summed E-state index contributed by atoms with van der Waals surface area (Å²) < 4.78 is 5.14. The molecule has 1 saturated heterocycles. The maximum absolute atomic E-state index is 11.8. The number of nitrogens with zero attached hydrogens (tertiary/aromatic N) is 1. The van der Waals surface area contributed by atoms with E-state index in [2.05, 4.69) is 12.2 Å². The lowest BCUT2D eigenvalue weighted by Gasteiger charge is -2.24. The van der Waals surface area contributed by atoms with Crippen LogP contribution in [0.4, 0.5) is 0 Å². The van der Waals surface area contributed by atoms with Gasteiger partial charge >= 0.3 is 0 Å². The van der Waals surface area contributed by atoms with Crippen molar-refractivity contribution in [2.24, 2.45) is 0 Å². The maximum Gasteiger partial charge on any atom is 0.238 e. The lowest BCUT2D eigenvalue weighted by molar-refractivity contribution is -0.128. The van der Waals surface area contributed by atoms with Gasteiger partial charge in [-0.15, -0.1) is 0 Å². The maximum atomic E-state index is 11.8. The highest BCUT2D eigenvalue weighted by atomic mass is 16.5. The second-order valence-electron chi connectivity index (χ2n) is 4.50. The van der Waals surface area contributed by atoms with Crippen molar-refractivity contribution < 1.29 is 9.53 Å². The average Bonchev–Trinajstić information content (AvgIpc) is 2.78. The molecule has 1 unspecified atom stereocenters. The largest absolute Gasteiger partial charge is 0.497 e. The second-order valence-corrected chi connectivity index (χ2v) is 4.50. The Balaban J connectivity index is 2.12. The van der Waals surface area contributed by atoms with Crippen molar-refractivity contribution in [2.45, 2.75) is 25.9 Å². The van der Waals surface area contributed by atoms with Crippen LogP contribution in [0.2, 0.25) is 0 Å². The fourth-order valence-electron chi connectivity index (χ4n) is 2.21. The number of amides is 1. The Morgan fingerprint density at radius 3 is 2.72 bits per heavy atom. The first kappa shape index (κ1) is 12.9. The number of benzene rings is 1. The Labute approximate surface area is 108 Å². The first-order valence-electron chi connectivity index (χ1n) is 6.43. The Morgan fingerprint density at radius 1 is 1.39 bits per heavy atom. The molecule has 98 valence electrons. The minimum atomic E-state index is 0.00922. The quantitative estimate of drug-likeness (QED) is 0.865. The first-order chi connectivity index (χ1) is 8.76. The topological polar surface area (TPSA) is 41.6 Å². The van der Waals surface area contributed by atoms with Crippen LogP contribution >= 0.6 is 0 Å². The van der Waals surface area contributed by atoms with Crippen molar-refractivity contribution in [3.63, 3.8) is 0 Å². The van der Waals surface area contributed by atoms with Gasteiger partial charge in [0.15, 0.2) is 0 Å². The molecule has 0 bridgehead atoms. The van der Waals surface area contributed by atoms with Gasteiger partial charge in [-0.2, -0.15) is 0 Å². The predicted octanol–water partition coefficient (Wildman–Crippen LogP) is 1.93. The molecule has 1 aliphatic heterocycles. The van der Waals surface area contributed by atoms with Crippen LogP contribution in [0.25, 0.3) is 0 Å². The predicted molar refractivity (Wildman–Crippen MR) is 70.4 cm³/mol. The summed E-state index contributed by atoms with van der Waals surface area (Å²) in [5, 5.41) is 3.25. The molecule has 0 spiro atoms. The second kappa shape index (κ2) is 5.87. The highest BCUT2D eigenvalue weighted by Crippen LogP contribution is 2.24. The summed E-state index contributed by atoms with van der Waals surface area (Å²) in [7, 11) is 1.65. The van der Waals surface area contributed by atoms with Gasteiger partial charge in [0, 0.05) is 6.54 Å². The van der Waals surface area contributed by atoms with Gasteiger partial charge in [-0.1, -0.05) is 25.5 Å². The van der Waals surface area contributed by atoms with Crippen molar-refractivity contribution in [1.82, 2.24) is 10.2 Å². The van der Waals surface area contributed by atoms with E-state index in [1.54, 1.807) is 7.11 Å². The zero-order valence-electron chi connectivity index (χ0n) is 11.0. The number of unbranched alkanes of at least 4 members (excludes halogenated alkanes) is 1. The number of hydrogen-bond donors (Lipinski definition) is 1. The van der Waals surface area contributed by atoms with Crippen LogP contribution in [0.3, 0.4) is 0 Å².